The van der Waals surface area contributed by atoms with Crippen LogP contribution in [0.3, 0.4) is 0 Å². The van der Waals surface area contributed by atoms with Gasteiger partial charge in [0.1, 0.15) is 0 Å². The van der Waals surface area contributed by atoms with Gasteiger partial charge in [0.15, 0.2) is 5.60 Å². The number of ether oxygens (including phenoxy) is 2. The van der Waals surface area contributed by atoms with Crippen molar-refractivity contribution >= 4 is 0 Å². The first-order valence-electron chi connectivity index (χ1n) is 9.38. The maximum atomic E-state index is 11.8. The second kappa shape index (κ2) is 6.19. The van der Waals surface area contributed by atoms with Gasteiger partial charge in [-0.2, -0.15) is 0 Å². The molecule has 3 heteroatoms. The standard InChI is InChI=1S/C20H28O3/c21-20-17(16-10-7-8-12-18(16)20)11-6-4-2-1-3-5-9-13-19(20)22-14-15-23-19/h7-8,10,12,17,21H,1-6,9,11,13-15H2/t17-,20-/m1/s1. The molecule has 2 atom stereocenters. The van der Waals surface area contributed by atoms with Crippen molar-refractivity contribution in [3.63, 3.8) is 0 Å². The summed E-state index contributed by atoms with van der Waals surface area (Å²) in [6, 6.07) is 8.33. The lowest BCUT2D eigenvalue weighted by atomic mass is 9.58. The van der Waals surface area contributed by atoms with Crippen molar-refractivity contribution in [2.75, 3.05) is 13.2 Å². The van der Waals surface area contributed by atoms with E-state index in [0.717, 1.165) is 24.8 Å². The highest BCUT2D eigenvalue weighted by Crippen LogP contribution is 2.61. The predicted octanol–water partition coefficient (Wildman–Crippen LogP) is 4.24. The molecule has 1 N–H and O–H groups in total. The smallest absolute Gasteiger partial charge is 0.202 e. The van der Waals surface area contributed by atoms with Gasteiger partial charge in [-0.25, -0.2) is 0 Å². The number of fused-ring (bicyclic) bond motifs is 5. The van der Waals surface area contributed by atoms with Gasteiger partial charge >= 0.3 is 0 Å². The molecule has 0 amide bonds. The van der Waals surface area contributed by atoms with Gasteiger partial charge in [-0.3, -0.25) is 0 Å². The van der Waals surface area contributed by atoms with Crippen molar-refractivity contribution < 1.29 is 14.6 Å². The van der Waals surface area contributed by atoms with Gasteiger partial charge in [-0.05, 0) is 24.0 Å². The summed E-state index contributed by atoms with van der Waals surface area (Å²) in [5.74, 6) is -0.679. The van der Waals surface area contributed by atoms with Crippen molar-refractivity contribution in [2.24, 2.45) is 0 Å². The van der Waals surface area contributed by atoms with Gasteiger partial charge in [-0.15, -0.1) is 0 Å². The number of rotatable bonds is 0. The van der Waals surface area contributed by atoms with Crippen LogP contribution in [-0.4, -0.2) is 24.1 Å². The SMILES string of the molecule is O[C@@]12c3ccccc3[C@H]1CCCCCCCCCC21OCCO1. The van der Waals surface area contributed by atoms with Crippen LogP contribution in [-0.2, 0) is 15.1 Å². The molecule has 1 saturated heterocycles. The summed E-state index contributed by atoms with van der Waals surface area (Å²) in [4.78, 5) is 0. The fraction of sp³-hybridized carbons (Fsp3) is 0.700. The van der Waals surface area contributed by atoms with E-state index < -0.39 is 11.4 Å². The van der Waals surface area contributed by atoms with Crippen LogP contribution >= 0.6 is 0 Å². The lowest BCUT2D eigenvalue weighted by Gasteiger charge is -2.55. The molecular weight excluding hydrogens is 288 g/mol. The third-order valence-electron chi connectivity index (χ3n) is 6.08. The highest BCUT2D eigenvalue weighted by atomic mass is 16.7. The first-order chi connectivity index (χ1) is 11.3. The highest BCUT2D eigenvalue weighted by molar-refractivity contribution is 5.49. The Kier molecular flexibility index (Phi) is 4.21. The number of hydrogen-bond acceptors (Lipinski definition) is 3. The molecule has 1 spiro atoms. The van der Waals surface area contributed by atoms with E-state index in [-0.39, 0.29) is 5.92 Å². The average molecular weight is 316 g/mol. The Hall–Kier alpha value is -0.900. The molecule has 3 nitrogen and oxygen atoms in total. The van der Waals surface area contributed by atoms with Crippen LogP contribution in [0.4, 0.5) is 0 Å². The lowest BCUT2D eigenvalue weighted by molar-refractivity contribution is -0.299. The molecule has 23 heavy (non-hydrogen) atoms. The van der Waals surface area contributed by atoms with Gasteiger partial charge in [0, 0.05) is 12.3 Å². The Morgan fingerprint density at radius 1 is 0.870 bits per heavy atom. The Bertz CT molecular complexity index is 550. The molecule has 1 heterocycles. The molecule has 1 aliphatic heterocycles. The summed E-state index contributed by atoms with van der Waals surface area (Å²) < 4.78 is 12.2. The van der Waals surface area contributed by atoms with Crippen LogP contribution in [0.5, 0.6) is 0 Å². The third-order valence-corrected chi connectivity index (χ3v) is 6.08. The Labute approximate surface area is 139 Å². The molecule has 2 fully saturated rings. The average Bonchev–Trinajstić information content (AvgIpc) is 3.05. The lowest BCUT2D eigenvalue weighted by Crippen LogP contribution is -2.61. The molecule has 1 aromatic rings. The zero-order valence-corrected chi connectivity index (χ0v) is 13.9. The van der Waals surface area contributed by atoms with Crippen LogP contribution in [0.1, 0.15) is 74.8 Å². The van der Waals surface area contributed by atoms with E-state index in [1.165, 1.54) is 44.1 Å². The van der Waals surface area contributed by atoms with Crippen molar-refractivity contribution in [2.45, 2.75) is 75.1 Å². The van der Waals surface area contributed by atoms with Gasteiger partial charge in [0.2, 0.25) is 5.79 Å². The summed E-state index contributed by atoms with van der Waals surface area (Å²) in [5.41, 5.74) is 1.36. The van der Waals surface area contributed by atoms with E-state index in [1.807, 2.05) is 6.07 Å². The van der Waals surface area contributed by atoms with Gasteiger partial charge in [0.05, 0.1) is 13.2 Å². The van der Waals surface area contributed by atoms with Crippen LogP contribution in [0.2, 0.25) is 0 Å². The molecule has 1 aromatic carbocycles. The quantitative estimate of drug-likeness (QED) is 0.778. The van der Waals surface area contributed by atoms with Crippen molar-refractivity contribution in [3.05, 3.63) is 35.4 Å². The van der Waals surface area contributed by atoms with Crippen LogP contribution < -0.4 is 0 Å². The van der Waals surface area contributed by atoms with Crippen molar-refractivity contribution in [1.29, 1.82) is 0 Å². The number of benzene rings is 1. The van der Waals surface area contributed by atoms with Gasteiger partial charge in [0.25, 0.3) is 0 Å². The maximum Gasteiger partial charge on any atom is 0.202 e. The molecule has 0 radical (unpaired) electrons. The van der Waals surface area contributed by atoms with Crippen LogP contribution in [0.15, 0.2) is 24.3 Å². The third kappa shape index (κ3) is 2.36. The fourth-order valence-corrected chi connectivity index (χ4v) is 4.92. The molecular formula is C20H28O3. The van der Waals surface area contributed by atoms with E-state index >= 15 is 0 Å². The normalized spacial score (nSPS) is 33.9. The molecule has 126 valence electrons. The second-order valence-electron chi connectivity index (χ2n) is 7.37. The van der Waals surface area contributed by atoms with E-state index in [0.29, 0.717) is 13.2 Å². The largest absolute Gasteiger partial charge is 0.379 e. The number of hydrogen-bond donors (Lipinski definition) is 1. The van der Waals surface area contributed by atoms with E-state index in [9.17, 15) is 5.11 Å². The Morgan fingerprint density at radius 3 is 2.30 bits per heavy atom. The summed E-state index contributed by atoms with van der Waals surface area (Å²) in [6.07, 6.45) is 10.5. The van der Waals surface area contributed by atoms with Gasteiger partial charge < -0.3 is 14.6 Å². The molecule has 1 saturated carbocycles. The summed E-state index contributed by atoms with van der Waals surface area (Å²) >= 11 is 0. The number of aliphatic hydroxyl groups is 1. The predicted molar refractivity (Wildman–Crippen MR) is 89.3 cm³/mol. The first-order valence-corrected chi connectivity index (χ1v) is 9.38. The van der Waals surface area contributed by atoms with Gasteiger partial charge in [-0.1, -0.05) is 62.8 Å². The van der Waals surface area contributed by atoms with E-state index in [1.54, 1.807) is 0 Å². The minimum Gasteiger partial charge on any atom is -0.379 e. The Morgan fingerprint density at radius 2 is 1.52 bits per heavy atom. The first kappa shape index (κ1) is 15.6. The topological polar surface area (TPSA) is 38.7 Å². The molecule has 0 unspecified atom stereocenters. The maximum absolute atomic E-state index is 11.8. The monoisotopic (exact) mass is 316 g/mol. The molecule has 4 rings (SSSR count). The minimum atomic E-state index is -0.973. The summed E-state index contributed by atoms with van der Waals surface area (Å²) in [5, 5.41) is 11.8. The summed E-state index contributed by atoms with van der Waals surface area (Å²) in [7, 11) is 0. The molecule has 3 aliphatic rings. The zero-order chi connectivity index (χ0) is 15.8. The molecule has 0 aromatic heterocycles. The zero-order valence-electron chi connectivity index (χ0n) is 13.9. The fourth-order valence-electron chi connectivity index (χ4n) is 4.92. The van der Waals surface area contributed by atoms with E-state index in [4.69, 9.17) is 9.47 Å². The van der Waals surface area contributed by atoms with Crippen molar-refractivity contribution in [3.8, 4) is 0 Å². The van der Waals surface area contributed by atoms with E-state index in [2.05, 4.69) is 18.2 Å². The van der Waals surface area contributed by atoms with Crippen LogP contribution in [0, 0.1) is 0 Å². The summed E-state index contributed by atoms with van der Waals surface area (Å²) in [6.45, 7) is 1.19. The second-order valence-corrected chi connectivity index (χ2v) is 7.37. The minimum absolute atomic E-state index is 0.149. The van der Waals surface area contributed by atoms with Crippen LogP contribution in [0.25, 0.3) is 0 Å². The van der Waals surface area contributed by atoms with Crippen molar-refractivity contribution in [1.82, 2.24) is 0 Å². The molecule has 2 aliphatic carbocycles. The highest BCUT2D eigenvalue weighted by Gasteiger charge is 2.65. The molecule has 0 bridgehead atoms. The Balaban J connectivity index is 1.71.